The van der Waals surface area contributed by atoms with E-state index in [2.05, 4.69) is 25.3 Å². The van der Waals surface area contributed by atoms with Gasteiger partial charge in [0.05, 0.1) is 12.8 Å². The molecule has 0 saturated heterocycles. The van der Waals surface area contributed by atoms with Gasteiger partial charge in [-0.1, -0.05) is 19.3 Å². The van der Waals surface area contributed by atoms with Gasteiger partial charge in [0.1, 0.15) is 13.2 Å². The molecule has 0 heterocycles. The van der Waals surface area contributed by atoms with Crippen LogP contribution in [0.2, 0.25) is 0 Å². The van der Waals surface area contributed by atoms with Gasteiger partial charge < -0.3 is 9.47 Å². The Morgan fingerprint density at radius 1 is 0.850 bits per heavy atom. The number of thiol groups is 2. The molecule has 0 atom stereocenters. The molecule has 1 fully saturated rings. The van der Waals surface area contributed by atoms with Gasteiger partial charge in [0, 0.05) is 16.9 Å². The van der Waals surface area contributed by atoms with E-state index in [0.29, 0.717) is 37.6 Å². The highest BCUT2D eigenvalue weighted by atomic mass is 32.1. The molecule has 1 rings (SSSR count). The summed E-state index contributed by atoms with van der Waals surface area (Å²) in [6, 6.07) is 0. The third-order valence-electron chi connectivity index (χ3n) is 3.62. The molecule has 0 N–H and O–H groups in total. The summed E-state index contributed by atoms with van der Waals surface area (Å²) in [5.41, 5.74) is -0.198. The minimum absolute atomic E-state index is 0.198. The maximum atomic E-state index is 11.5. The second-order valence-corrected chi connectivity index (χ2v) is 6.22. The predicted molar refractivity (Wildman–Crippen MR) is 84.4 cm³/mol. The molecule has 0 aromatic rings. The van der Waals surface area contributed by atoms with Crippen LogP contribution in [0.5, 0.6) is 0 Å². The first-order valence-corrected chi connectivity index (χ1v) is 8.41. The van der Waals surface area contributed by atoms with Crippen LogP contribution in [0, 0.1) is 5.41 Å². The number of hydrogen-bond acceptors (Lipinski definition) is 6. The largest absolute Gasteiger partial charge is 0.465 e. The van der Waals surface area contributed by atoms with E-state index in [9.17, 15) is 9.59 Å². The molecule has 0 aromatic carbocycles. The number of ether oxygens (including phenoxy) is 2. The molecule has 116 valence electrons. The number of hydrogen-bond donors (Lipinski definition) is 2. The van der Waals surface area contributed by atoms with Crippen LogP contribution in [0.4, 0.5) is 0 Å². The fraction of sp³-hybridized carbons (Fsp3) is 0.857. The Balaban J connectivity index is 2.48. The van der Waals surface area contributed by atoms with Crippen LogP contribution in [0.25, 0.3) is 0 Å². The first-order valence-electron chi connectivity index (χ1n) is 7.15. The van der Waals surface area contributed by atoms with E-state index in [-0.39, 0.29) is 17.4 Å². The van der Waals surface area contributed by atoms with E-state index in [1.54, 1.807) is 0 Å². The van der Waals surface area contributed by atoms with E-state index in [1.165, 1.54) is 6.42 Å². The fourth-order valence-corrected chi connectivity index (χ4v) is 2.79. The number of carbonyl (C=O) groups is 2. The monoisotopic (exact) mass is 320 g/mol. The van der Waals surface area contributed by atoms with Gasteiger partial charge in [0.25, 0.3) is 0 Å². The Morgan fingerprint density at radius 2 is 1.30 bits per heavy atom. The molecule has 4 nitrogen and oxygen atoms in total. The summed E-state index contributed by atoms with van der Waals surface area (Å²) < 4.78 is 10.6. The topological polar surface area (TPSA) is 52.6 Å². The van der Waals surface area contributed by atoms with Gasteiger partial charge in [-0.05, 0) is 12.8 Å². The Morgan fingerprint density at radius 3 is 1.70 bits per heavy atom. The van der Waals surface area contributed by atoms with Crippen LogP contribution < -0.4 is 0 Å². The first-order chi connectivity index (χ1) is 9.62. The first kappa shape index (κ1) is 17.7. The molecule has 1 aliphatic rings. The maximum Gasteiger partial charge on any atom is 0.306 e. The lowest BCUT2D eigenvalue weighted by Gasteiger charge is -2.36. The van der Waals surface area contributed by atoms with Gasteiger partial charge in [0.15, 0.2) is 0 Å². The zero-order chi connectivity index (χ0) is 14.8. The van der Waals surface area contributed by atoms with Crippen LogP contribution in [-0.4, -0.2) is 36.7 Å². The summed E-state index contributed by atoms with van der Waals surface area (Å²) in [5.74, 6) is 0.518. The molecule has 20 heavy (non-hydrogen) atoms. The molecule has 0 amide bonds. The van der Waals surface area contributed by atoms with Crippen LogP contribution in [0.3, 0.4) is 0 Å². The summed E-state index contributed by atoms with van der Waals surface area (Å²) >= 11 is 8.03. The molecule has 0 spiro atoms. The second-order valence-electron chi connectivity index (χ2n) is 5.33. The molecule has 1 aliphatic carbocycles. The van der Waals surface area contributed by atoms with Gasteiger partial charge in [-0.15, -0.1) is 0 Å². The van der Waals surface area contributed by atoms with Crippen molar-refractivity contribution in [2.24, 2.45) is 5.41 Å². The molecule has 0 radical (unpaired) electrons. The smallest absolute Gasteiger partial charge is 0.306 e. The second kappa shape index (κ2) is 9.55. The third-order valence-corrected chi connectivity index (χ3v) is 4.07. The third kappa shape index (κ3) is 6.39. The maximum absolute atomic E-state index is 11.5. The van der Waals surface area contributed by atoms with E-state index in [0.717, 1.165) is 25.7 Å². The SMILES string of the molecule is O=C(CCS)OCC1(COC(=O)CCS)CCCCC1. The van der Waals surface area contributed by atoms with Crippen molar-refractivity contribution in [2.45, 2.75) is 44.9 Å². The summed E-state index contributed by atoms with van der Waals surface area (Å²) in [7, 11) is 0. The van der Waals surface area contributed by atoms with Crippen molar-refractivity contribution in [1.29, 1.82) is 0 Å². The van der Waals surface area contributed by atoms with Crippen molar-refractivity contribution in [2.75, 3.05) is 24.7 Å². The van der Waals surface area contributed by atoms with Gasteiger partial charge >= 0.3 is 11.9 Å². The molecule has 1 saturated carbocycles. The van der Waals surface area contributed by atoms with Gasteiger partial charge in [-0.2, -0.15) is 25.3 Å². The fourth-order valence-electron chi connectivity index (χ4n) is 2.43. The number of carbonyl (C=O) groups excluding carboxylic acids is 2. The molecular formula is C14H24O4S2. The Labute approximate surface area is 131 Å². The van der Waals surface area contributed by atoms with Crippen LogP contribution in [0.1, 0.15) is 44.9 Å². The quantitative estimate of drug-likeness (QED) is 0.533. The highest BCUT2D eigenvalue weighted by Gasteiger charge is 2.35. The normalized spacial score (nSPS) is 17.5. The lowest BCUT2D eigenvalue weighted by atomic mass is 9.75. The summed E-state index contributed by atoms with van der Waals surface area (Å²) in [5, 5.41) is 0. The Bertz CT molecular complexity index is 290. The molecule has 0 aromatic heterocycles. The minimum atomic E-state index is -0.230. The Hall–Kier alpha value is -0.360. The predicted octanol–water partition coefficient (Wildman–Crippen LogP) is 2.66. The van der Waals surface area contributed by atoms with Gasteiger partial charge in [0.2, 0.25) is 0 Å². The van der Waals surface area contributed by atoms with Crippen molar-refractivity contribution in [1.82, 2.24) is 0 Å². The molecule has 0 unspecified atom stereocenters. The molecular weight excluding hydrogens is 296 g/mol. The molecule has 0 bridgehead atoms. The minimum Gasteiger partial charge on any atom is -0.465 e. The lowest BCUT2D eigenvalue weighted by molar-refractivity contribution is -0.155. The van der Waals surface area contributed by atoms with Crippen molar-refractivity contribution >= 4 is 37.2 Å². The van der Waals surface area contributed by atoms with E-state index in [1.807, 2.05) is 0 Å². The standard InChI is InChI=1S/C14H24O4S2/c15-12(4-8-19)17-10-14(6-2-1-3-7-14)11-18-13(16)5-9-20/h19-20H,1-11H2. The summed E-state index contributed by atoms with van der Waals surface area (Å²) in [4.78, 5) is 23.0. The summed E-state index contributed by atoms with van der Waals surface area (Å²) in [6.07, 6.45) is 5.89. The van der Waals surface area contributed by atoms with E-state index in [4.69, 9.17) is 9.47 Å². The average Bonchev–Trinajstić information content (AvgIpc) is 2.45. The van der Waals surface area contributed by atoms with Crippen molar-refractivity contribution in [3.63, 3.8) is 0 Å². The van der Waals surface area contributed by atoms with Crippen LogP contribution in [-0.2, 0) is 19.1 Å². The lowest BCUT2D eigenvalue weighted by Crippen LogP contribution is -2.36. The summed E-state index contributed by atoms with van der Waals surface area (Å²) in [6.45, 7) is 0.682. The number of rotatable bonds is 8. The Kier molecular flexibility index (Phi) is 8.45. The van der Waals surface area contributed by atoms with Gasteiger partial charge in [-0.3, -0.25) is 9.59 Å². The van der Waals surface area contributed by atoms with Crippen LogP contribution >= 0.6 is 25.3 Å². The van der Waals surface area contributed by atoms with Gasteiger partial charge in [-0.25, -0.2) is 0 Å². The average molecular weight is 320 g/mol. The zero-order valence-electron chi connectivity index (χ0n) is 11.8. The van der Waals surface area contributed by atoms with E-state index >= 15 is 0 Å². The molecule has 0 aliphatic heterocycles. The number of esters is 2. The van der Waals surface area contributed by atoms with Crippen LogP contribution in [0.15, 0.2) is 0 Å². The van der Waals surface area contributed by atoms with Crippen molar-refractivity contribution in [3.8, 4) is 0 Å². The van der Waals surface area contributed by atoms with Crippen molar-refractivity contribution < 1.29 is 19.1 Å². The van der Waals surface area contributed by atoms with E-state index < -0.39 is 0 Å². The highest BCUT2D eigenvalue weighted by Crippen LogP contribution is 2.37. The zero-order valence-corrected chi connectivity index (χ0v) is 13.6. The molecule has 6 heteroatoms. The van der Waals surface area contributed by atoms with Crippen molar-refractivity contribution in [3.05, 3.63) is 0 Å². The highest BCUT2D eigenvalue weighted by molar-refractivity contribution is 7.80.